The van der Waals surface area contributed by atoms with E-state index in [-0.39, 0.29) is 5.91 Å². The molecule has 3 rings (SSSR count). The van der Waals surface area contributed by atoms with Crippen LogP contribution in [0.5, 0.6) is 17.2 Å². The van der Waals surface area contributed by atoms with Crippen molar-refractivity contribution in [2.45, 2.75) is 13.2 Å². The molecule has 0 spiro atoms. The predicted octanol–water partition coefficient (Wildman–Crippen LogP) is 4.27. The molecule has 0 atom stereocenters. The summed E-state index contributed by atoms with van der Waals surface area (Å²) in [5.41, 5.74) is 1.39. The molecular weight excluding hydrogens is 362 g/mol. The van der Waals surface area contributed by atoms with Crippen molar-refractivity contribution in [2.75, 3.05) is 14.2 Å². The lowest BCUT2D eigenvalue weighted by Crippen LogP contribution is -2.23. The standard InChI is InChI=1S/C21H21NO4S/c1-24-19-10-4-7-16(20(19)25-2)13-22-21(23)15-6-3-8-17(12-15)26-14-18-9-5-11-27-18/h3-12H,13-14H2,1-2H3,(H,22,23). The zero-order valence-corrected chi connectivity index (χ0v) is 16.0. The van der Waals surface area contributed by atoms with Gasteiger partial charge in [-0.1, -0.05) is 24.3 Å². The minimum absolute atomic E-state index is 0.179. The van der Waals surface area contributed by atoms with Gasteiger partial charge in [0.1, 0.15) is 12.4 Å². The van der Waals surface area contributed by atoms with Crippen LogP contribution in [0.4, 0.5) is 0 Å². The first-order valence-electron chi connectivity index (χ1n) is 8.44. The number of hydrogen-bond donors (Lipinski definition) is 1. The van der Waals surface area contributed by atoms with E-state index in [2.05, 4.69) is 5.32 Å². The number of carbonyl (C=O) groups excluding carboxylic acids is 1. The first-order valence-corrected chi connectivity index (χ1v) is 9.32. The van der Waals surface area contributed by atoms with Gasteiger partial charge in [-0.15, -0.1) is 11.3 Å². The lowest BCUT2D eigenvalue weighted by molar-refractivity contribution is 0.0950. The van der Waals surface area contributed by atoms with Gasteiger partial charge in [0.25, 0.3) is 5.91 Å². The Morgan fingerprint density at radius 2 is 1.89 bits per heavy atom. The number of carbonyl (C=O) groups is 1. The molecule has 0 aliphatic carbocycles. The molecule has 0 saturated carbocycles. The number of hydrogen-bond acceptors (Lipinski definition) is 5. The van der Waals surface area contributed by atoms with E-state index in [4.69, 9.17) is 14.2 Å². The highest BCUT2D eigenvalue weighted by atomic mass is 32.1. The summed E-state index contributed by atoms with van der Waals surface area (Å²) in [5.74, 6) is 1.73. The summed E-state index contributed by atoms with van der Waals surface area (Å²) in [6.45, 7) is 0.823. The Bertz CT molecular complexity index is 893. The SMILES string of the molecule is COc1cccc(CNC(=O)c2cccc(OCc3cccs3)c2)c1OC. The third kappa shape index (κ3) is 4.80. The van der Waals surface area contributed by atoms with Gasteiger partial charge in [-0.05, 0) is 35.7 Å². The highest BCUT2D eigenvalue weighted by Gasteiger charge is 2.12. The molecule has 1 aromatic heterocycles. The summed E-state index contributed by atoms with van der Waals surface area (Å²) in [6.07, 6.45) is 0. The fourth-order valence-electron chi connectivity index (χ4n) is 2.65. The van der Waals surface area contributed by atoms with Crippen LogP contribution in [0.3, 0.4) is 0 Å². The Kier molecular flexibility index (Phi) is 6.33. The second-order valence-electron chi connectivity index (χ2n) is 5.73. The van der Waals surface area contributed by atoms with E-state index in [1.165, 1.54) is 0 Å². The minimum Gasteiger partial charge on any atom is -0.493 e. The van der Waals surface area contributed by atoms with E-state index in [1.807, 2.05) is 47.8 Å². The van der Waals surface area contributed by atoms with Gasteiger partial charge < -0.3 is 19.5 Å². The summed E-state index contributed by atoms with van der Waals surface area (Å²) in [7, 11) is 3.17. The van der Waals surface area contributed by atoms with Gasteiger partial charge in [0.15, 0.2) is 11.5 Å². The molecule has 1 amide bonds. The normalized spacial score (nSPS) is 10.3. The molecule has 140 valence electrons. The maximum Gasteiger partial charge on any atom is 0.251 e. The molecule has 1 heterocycles. The van der Waals surface area contributed by atoms with Gasteiger partial charge in [0, 0.05) is 22.5 Å². The maximum absolute atomic E-state index is 12.5. The molecule has 1 N–H and O–H groups in total. The van der Waals surface area contributed by atoms with Crippen LogP contribution in [0.1, 0.15) is 20.8 Å². The average Bonchev–Trinajstić information content (AvgIpc) is 3.24. The van der Waals surface area contributed by atoms with Crippen LogP contribution in [0.15, 0.2) is 60.0 Å². The maximum atomic E-state index is 12.5. The van der Waals surface area contributed by atoms with Crippen LogP contribution < -0.4 is 19.5 Å². The number of methoxy groups -OCH3 is 2. The molecule has 0 radical (unpaired) electrons. The molecule has 0 saturated heterocycles. The van der Waals surface area contributed by atoms with Crippen molar-refractivity contribution in [2.24, 2.45) is 0 Å². The summed E-state index contributed by atoms with van der Waals surface area (Å²) < 4.78 is 16.4. The quantitative estimate of drug-likeness (QED) is 0.631. The molecule has 0 unspecified atom stereocenters. The van der Waals surface area contributed by atoms with Crippen molar-refractivity contribution in [1.29, 1.82) is 0 Å². The van der Waals surface area contributed by atoms with Crippen LogP contribution in [0.25, 0.3) is 0 Å². The second-order valence-corrected chi connectivity index (χ2v) is 6.76. The number of nitrogens with one attached hydrogen (secondary N) is 1. The average molecular weight is 383 g/mol. The molecule has 0 fully saturated rings. The van der Waals surface area contributed by atoms with Crippen LogP contribution in [0.2, 0.25) is 0 Å². The number of ether oxygens (including phenoxy) is 3. The molecule has 6 heteroatoms. The smallest absolute Gasteiger partial charge is 0.251 e. The molecule has 5 nitrogen and oxygen atoms in total. The van der Waals surface area contributed by atoms with Gasteiger partial charge >= 0.3 is 0 Å². The van der Waals surface area contributed by atoms with Gasteiger partial charge in [-0.3, -0.25) is 4.79 Å². The van der Waals surface area contributed by atoms with Crippen LogP contribution in [-0.2, 0) is 13.2 Å². The molecule has 0 bridgehead atoms. The topological polar surface area (TPSA) is 56.8 Å². The third-order valence-electron chi connectivity index (χ3n) is 3.98. The number of rotatable bonds is 8. The number of thiophene rings is 1. The first kappa shape index (κ1) is 18.8. The Morgan fingerprint density at radius 1 is 1.04 bits per heavy atom. The summed E-state index contributed by atoms with van der Waals surface area (Å²) in [6, 6.07) is 16.7. The number of amides is 1. The van der Waals surface area contributed by atoms with Crippen LogP contribution in [0, 0.1) is 0 Å². The van der Waals surface area contributed by atoms with Gasteiger partial charge in [0.05, 0.1) is 14.2 Å². The van der Waals surface area contributed by atoms with Crippen molar-refractivity contribution in [3.05, 3.63) is 76.0 Å². The zero-order valence-electron chi connectivity index (χ0n) is 15.2. The monoisotopic (exact) mass is 383 g/mol. The Labute approximate surface area is 162 Å². The molecule has 0 aliphatic rings. The van der Waals surface area contributed by atoms with E-state index in [0.717, 1.165) is 10.4 Å². The van der Waals surface area contributed by atoms with E-state index in [1.54, 1.807) is 37.7 Å². The number of benzene rings is 2. The first-order chi connectivity index (χ1) is 13.2. The van der Waals surface area contributed by atoms with E-state index in [0.29, 0.717) is 36.0 Å². The second kappa shape index (κ2) is 9.09. The van der Waals surface area contributed by atoms with Crippen LogP contribution in [-0.4, -0.2) is 20.1 Å². The molecule has 3 aromatic rings. The van der Waals surface area contributed by atoms with Crippen molar-refractivity contribution >= 4 is 17.2 Å². The van der Waals surface area contributed by atoms with Crippen molar-refractivity contribution in [3.63, 3.8) is 0 Å². The zero-order chi connectivity index (χ0) is 19.1. The van der Waals surface area contributed by atoms with Gasteiger partial charge in [-0.25, -0.2) is 0 Å². The minimum atomic E-state index is -0.179. The van der Waals surface area contributed by atoms with Gasteiger partial charge in [0.2, 0.25) is 0 Å². The number of para-hydroxylation sites is 1. The highest BCUT2D eigenvalue weighted by molar-refractivity contribution is 7.09. The lowest BCUT2D eigenvalue weighted by Gasteiger charge is -2.13. The van der Waals surface area contributed by atoms with Crippen LogP contribution >= 0.6 is 11.3 Å². The predicted molar refractivity (Wildman–Crippen MR) is 106 cm³/mol. The Morgan fingerprint density at radius 3 is 2.63 bits per heavy atom. The molecule has 0 aliphatic heterocycles. The lowest BCUT2D eigenvalue weighted by atomic mass is 10.1. The van der Waals surface area contributed by atoms with E-state index in [9.17, 15) is 4.79 Å². The summed E-state index contributed by atoms with van der Waals surface area (Å²) in [4.78, 5) is 13.7. The van der Waals surface area contributed by atoms with E-state index >= 15 is 0 Å². The Balaban J connectivity index is 1.64. The van der Waals surface area contributed by atoms with Crippen molar-refractivity contribution < 1.29 is 19.0 Å². The van der Waals surface area contributed by atoms with Crippen molar-refractivity contribution in [3.8, 4) is 17.2 Å². The van der Waals surface area contributed by atoms with Crippen molar-refractivity contribution in [1.82, 2.24) is 5.32 Å². The summed E-state index contributed by atoms with van der Waals surface area (Å²) >= 11 is 1.64. The molecule has 27 heavy (non-hydrogen) atoms. The van der Waals surface area contributed by atoms with Gasteiger partial charge in [-0.2, -0.15) is 0 Å². The largest absolute Gasteiger partial charge is 0.493 e. The third-order valence-corrected chi connectivity index (χ3v) is 4.83. The summed E-state index contributed by atoms with van der Waals surface area (Å²) in [5, 5.41) is 4.92. The fourth-order valence-corrected chi connectivity index (χ4v) is 3.26. The van der Waals surface area contributed by atoms with E-state index < -0.39 is 0 Å². The Hall–Kier alpha value is -2.99. The fraction of sp³-hybridized carbons (Fsp3) is 0.190. The molecule has 2 aromatic carbocycles. The molecular formula is C21H21NO4S. The highest BCUT2D eigenvalue weighted by Crippen LogP contribution is 2.30.